The Bertz CT molecular complexity index is 870. The molecule has 1 aromatic carbocycles. The smallest absolute Gasteiger partial charge is 0.412 e. The highest BCUT2D eigenvalue weighted by molar-refractivity contribution is 8.15. The van der Waals surface area contributed by atoms with Crippen molar-refractivity contribution in [1.29, 1.82) is 0 Å². The van der Waals surface area contributed by atoms with Gasteiger partial charge in [0.25, 0.3) is 5.24 Å². The predicted molar refractivity (Wildman–Crippen MR) is 101 cm³/mol. The van der Waals surface area contributed by atoms with Crippen LogP contribution in [0, 0.1) is 5.92 Å². The van der Waals surface area contributed by atoms with E-state index in [4.69, 9.17) is 9.47 Å². The summed E-state index contributed by atoms with van der Waals surface area (Å²) in [6.07, 6.45) is -2.56. The molecule has 2 aliphatic heterocycles. The average molecular weight is 427 g/mol. The average Bonchev–Trinajstić information content (AvgIpc) is 3.00. The summed E-state index contributed by atoms with van der Waals surface area (Å²) >= 11 is 0.994. The van der Waals surface area contributed by atoms with Gasteiger partial charge in [-0.2, -0.15) is 13.2 Å². The quantitative estimate of drug-likeness (QED) is 0.716. The van der Waals surface area contributed by atoms with Gasteiger partial charge < -0.3 is 9.47 Å². The van der Waals surface area contributed by atoms with Crippen molar-refractivity contribution in [3.8, 4) is 11.5 Å². The molecule has 4 rings (SSSR count). The van der Waals surface area contributed by atoms with E-state index in [9.17, 15) is 22.8 Å². The number of thioether (sulfide) groups is 1. The molecule has 9 heteroatoms. The minimum atomic E-state index is -4.29. The second-order valence-electron chi connectivity index (χ2n) is 7.50. The van der Waals surface area contributed by atoms with Gasteiger partial charge in [-0.25, -0.2) is 0 Å². The number of alkyl halides is 3. The molecule has 1 fully saturated rings. The normalized spacial score (nSPS) is 29.6. The number of hydrogen-bond donors (Lipinski definition) is 1. The Balaban J connectivity index is 1.50. The molecular weight excluding hydrogens is 407 g/mol. The second-order valence-corrected chi connectivity index (χ2v) is 8.62. The maximum atomic E-state index is 12.9. The van der Waals surface area contributed by atoms with Crippen molar-refractivity contribution in [2.24, 2.45) is 5.92 Å². The third-order valence-corrected chi connectivity index (χ3v) is 6.67. The molecule has 1 aliphatic carbocycles. The number of halogens is 3. The lowest BCUT2D eigenvalue weighted by atomic mass is 9.88. The van der Waals surface area contributed by atoms with Crippen LogP contribution in [0.4, 0.5) is 18.0 Å². The second kappa shape index (κ2) is 7.59. The van der Waals surface area contributed by atoms with E-state index in [1.807, 2.05) is 6.07 Å². The molecule has 2 heterocycles. The van der Waals surface area contributed by atoms with Crippen LogP contribution in [0.3, 0.4) is 0 Å². The molecule has 4 atom stereocenters. The fraction of sp³-hybridized carbons (Fsp3) is 0.500. The number of fused-ring (bicyclic) bond motifs is 1. The van der Waals surface area contributed by atoms with E-state index in [-0.39, 0.29) is 41.9 Å². The van der Waals surface area contributed by atoms with Crippen LogP contribution in [0.5, 0.6) is 11.5 Å². The molecule has 1 saturated heterocycles. The summed E-state index contributed by atoms with van der Waals surface area (Å²) in [6.45, 7) is 2.13. The van der Waals surface area contributed by atoms with Crippen molar-refractivity contribution in [1.82, 2.24) is 5.32 Å². The largest absolute Gasteiger partial charge is 0.493 e. The highest BCUT2D eigenvalue weighted by Gasteiger charge is 2.41. The minimum absolute atomic E-state index is 0.0654. The molecule has 1 aromatic rings. The fourth-order valence-electron chi connectivity index (χ4n) is 4.07. The first-order valence-electron chi connectivity index (χ1n) is 9.45. The van der Waals surface area contributed by atoms with Crippen molar-refractivity contribution in [3.05, 3.63) is 35.4 Å². The van der Waals surface area contributed by atoms with E-state index in [0.29, 0.717) is 24.5 Å². The van der Waals surface area contributed by atoms with Gasteiger partial charge in [0.15, 0.2) is 0 Å². The molecule has 0 bridgehead atoms. The first-order valence-corrected chi connectivity index (χ1v) is 10.3. The van der Waals surface area contributed by atoms with Gasteiger partial charge in [-0.3, -0.25) is 14.9 Å². The summed E-state index contributed by atoms with van der Waals surface area (Å²) in [7, 11) is 0. The molecule has 3 unspecified atom stereocenters. The Hall–Kier alpha value is -2.16. The standard InChI is InChI=1S/C20H20F3NO4S/c1-10-8-11(20(21,22)23)2-5-15(10)28-12-3-4-13-14(6-7-27-16(13)9-12)17-18(25)24-19(26)29-17/h3-4,8-10,14-15,17H,2,5-7H2,1H3,(H,24,25,26)/t10?,14-,15?,17?/m1/s1. The van der Waals surface area contributed by atoms with Crippen molar-refractivity contribution in [2.75, 3.05) is 6.61 Å². The number of carbonyl (C=O) groups is 2. The lowest BCUT2D eigenvalue weighted by Crippen LogP contribution is -2.31. The molecule has 156 valence electrons. The first-order chi connectivity index (χ1) is 13.7. The third kappa shape index (κ3) is 4.10. The zero-order valence-corrected chi connectivity index (χ0v) is 16.4. The Kier molecular flexibility index (Phi) is 5.27. The molecule has 0 saturated carbocycles. The highest BCUT2D eigenvalue weighted by Crippen LogP contribution is 2.44. The molecule has 5 nitrogen and oxygen atoms in total. The highest BCUT2D eigenvalue weighted by atomic mass is 32.2. The number of rotatable bonds is 3. The number of benzene rings is 1. The molecular formula is C20H20F3NO4S. The van der Waals surface area contributed by atoms with Crippen molar-refractivity contribution < 1.29 is 32.2 Å². The third-order valence-electron chi connectivity index (χ3n) is 5.55. The maximum absolute atomic E-state index is 12.9. The summed E-state index contributed by atoms with van der Waals surface area (Å²) in [6, 6.07) is 5.28. The molecule has 29 heavy (non-hydrogen) atoms. The van der Waals surface area contributed by atoms with Crippen LogP contribution in [0.1, 0.15) is 37.7 Å². The van der Waals surface area contributed by atoms with E-state index in [2.05, 4.69) is 5.32 Å². The number of carbonyl (C=O) groups excluding carboxylic acids is 2. The van der Waals surface area contributed by atoms with E-state index >= 15 is 0 Å². The zero-order chi connectivity index (χ0) is 20.8. The van der Waals surface area contributed by atoms with E-state index in [0.717, 1.165) is 17.3 Å². The molecule has 1 N–H and O–H groups in total. The van der Waals surface area contributed by atoms with Gasteiger partial charge >= 0.3 is 6.18 Å². The van der Waals surface area contributed by atoms with Crippen molar-refractivity contribution in [3.63, 3.8) is 0 Å². The number of amides is 2. The van der Waals surface area contributed by atoms with Crippen LogP contribution < -0.4 is 14.8 Å². The van der Waals surface area contributed by atoms with Gasteiger partial charge in [-0.1, -0.05) is 30.8 Å². The summed E-state index contributed by atoms with van der Waals surface area (Å²) < 4.78 is 50.4. The Morgan fingerprint density at radius 2 is 2.03 bits per heavy atom. The van der Waals surface area contributed by atoms with Crippen LogP contribution in [-0.4, -0.2) is 35.3 Å². The molecule has 0 aromatic heterocycles. The van der Waals surface area contributed by atoms with Crippen molar-refractivity contribution >= 4 is 22.9 Å². The minimum Gasteiger partial charge on any atom is -0.493 e. The number of ether oxygens (including phenoxy) is 2. The van der Waals surface area contributed by atoms with Crippen LogP contribution in [0.25, 0.3) is 0 Å². The topological polar surface area (TPSA) is 64.6 Å². The fourth-order valence-corrected chi connectivity index (χ4v) is 5.07. The molecule has 2 amide bonds. The summed E-state index contributed by atoms with van der Waals surface area (Å²) in [4.78, 5) is 23.6. The van der Waals surface area contributed by atoms with Gasteiger partial charge in [-0.05, 0) is 30.9 Å². The van der Waals surface area contributed by atoms with Crippen LogP contribution in [0.2, 0.25) is 0 Å². The molecule has 0 spiro atoms. The van der Waals surface area contributed by atoms with Gasteiger partial charge in [0, 0.05) is 23.5 Å². The maximum Gasteiger partial charge on any atom is 0.412 e. The zero-order valence-electron chi connectivity index (χ0n) is 15.6. The van der Waals surface area contributed by atoms with Crippen LogP contribution in [-0.2, 0) is 4.79 Å². The molecule has 0 radical (unpaired) electrons. The van der Waals surface area contributed by atoms with E-state index < -0.39 is 17.0 Å². The lowest BCUT2D eigenvalue weighted by molar-refractivity contribution is -0.119. The summed E-state index contributed by atoms with van der Waals surface area (Å²) in [5.74, 6) is 0.303. The van der Waals surface area contributed by atoms with Crippen LogP contribution >= 0.6 is 11.8 Å². The lowest BCUT2D eigenvalue weighted by Gasteiger charge is -2.31. The van der Waals surface area contributed by atoms with Gasteiger partial charge in [-0.15, -0.1) is 0 Å². The predicted octanol–water partition coefficient (Wildman–Crippen LogP) is 4.57. The van der Waals surface area contributed by atoms with E-state index in [1.165, 1.54) is 6.08 Å². The monoisotopic (exact) mass is 427 g/mol. The SMILES string of the molecule is CC1C=C(C(F)(F)F)CCC1Oc1ccc2c(c1)OCC[C@H]2C1SC(=O)NC1=O. The number of hydrogen-bond acceptors (Lipinski definition) is 5. The number of allylic oxidation sites excluding steroid dienone is 1. The molecule has 3 aliphatic rings. The summed E-state index contributed by atoms with van der Waals surface area (Å²) in [5.41, 5.74) is 0.338. The van der Waals surface area contributed by atoms with Gasteiger partial charge in [0.05, 0.1) is 6.61 Å². The van der Waals surface area contributed by atoms with Gasteiger partial charge in [0.1, 0.15) is 22.9 Å². The number of nitrogens with one attached hydrogen (secondary N) is 1. The Morgan fingerprint density at radius 1 is 1.24 bits per heavy atom. The first kappa shape index (κ1) is 20.1. The van der Waals surface area contributed by atoms with Crippen molar-refractivity contribution in [2.45, 2.75) is 49.6 Å². The van der Waals surface area contributed by atoms with Gasteiger partial charge in [0.2, 0.25) is 5.91 Å². The van der Waals surface area contributed by atoms with Crippen LogP contribution in [0.15, 0.2) is 29.8 Å². The summed E-state index contributed by atoms with van der Waals surface area (Å²) in [5, 5.41) is 1.49. The van der Waals surface area contributed by atoms with E-state index in [1.54, 1.807) is 19.1 Å². The Morgan fingerprint density at radius 3 is 2.69 bits per heavy atom. The number of imide groups is 1. The Labute approximate surface area is 170 Å².